The first kappa shape index (κ1) is 25.3. The molecule has 6 rings (SSSR count). The Morgan fingerprint density at radius 2 is 1.51 bits per heavy atom. The van der Waals surface area contributed by atoms with Gasteiger partial charge in [-0.3, -0.25) is 9.59 Å². The van der Waals surface area contributed by atoms with Gasteiger partial charge in [-0.2, -0.15) is 0 Å². The number of carbonyl (C=O) groups is 2. The van der Waals surface area contributed by atoms with Gasteiger partial charge in [0.1, 0.15) is 11.5 Å². The van der Waals surface area contributed by atoms with E-state index >= 15 is 0 Å². The zero-order valence-electron chi connectivity index (χ0n) is 19.6. The van der Waals surface area contributed by atoms with Crippen LogP contribution >= 0.6 is 11.6 Å². The summed E-state index contributed by atoms with van der Waals surface area (Å²) in [5.41, 5.74) is -1.40. The summed E-state index contributed by atoms with van der Waals surface area (Å²) >= 11 is 5.85. The van der Waals surface area contributed by atoms with Gasteiger partial charge in [0, 0.05) is 16.6 Å². The highest BCUT2D eigenvalue weighted by molar-refractivity contribution is 6.30. The minimum Gasteiger partial charge on any atom is -0.484 e. The van der Waals surface area contributed by atoms with Crippen molar-refractivity contribution in [3.8, 4) is 23.0 Å². The highest BCUT2D eigenvalue weighted by atomic mass is 35.5. The highest BCUT2D eigenvalue weighted by Crippen LogP contribution is 2.47. The monoisotopic (exact) mass is 538 g/mol. The summed E-state index contributed by atoms with van der Waals surface area (Å²) < 4.78 is 46.0. The van der Waals surface area contributed by atoms with Gasteiger partial charge in [0.15, 0.2) is 24.7 Å². The van der Waals surface area contributed by atoms with Crippen LogP contribution in [0.25, 0.3) is 0 Å². The fraction of sp³-hybridized carbons (Fsp3) is 0.440. The van der Waals surface area contributed by atoms with Crippen LogP contribution < -0.4 is 29.6 Å². The summed E-state index contributed by atoms with van der Waals surface area (Å²) in [4.78, 5) is 25.2. The molecule has 2 aromatic carbocycles. The van der Waals surface area contributed by atoms with Crippen molar-refractivity contribution >= 4 is 23.4 Å². The van der Waals surface area contributed by atoms with Crippen molar-refractivity contribution in [2.24, 2.45) is 0 Å². The number of amides is 2. The van der Waals surface area contributed by atoms with Crippen LogP contribution in [0, 0.1) is 0 Å². The summed E-state index contributed by atoms with van der Waals surface area (Å²) in [5, 5.41) is 17.4. The smallest absolute Gasteiger partial charge is 0.484 e. The van der Waals surface area contributed by atoms with E-state index in [1.165, 1.54) is 18.2 Å². The SMILES string of the molecule is O=C(COc1ccc2c(c1)OC(F)(F)O2)NC12CCC(NC(=O)COc3ccc(Cl)cc3)(CC1)[C@@H](O)C2. The maximum absolute atomic E-state index is 13.2. The zero-order chi connectivity index (χ0) is 26.3. The molecule has 0 aromatic heterocycles. The Labute approximate surface area is 216 Å². The quantitative estimate of drug-likeness (QED) is 0.473. The molecule has 3 aliphatic carbocycles. The van der Waals surface area contributed by atoms with Gasteiger partial charge in [-0.15, -0.1) is 8.78 Å². The predicted octanol–water partition coefficient (Wildman–Crippen LogP) is 3.17. The van der Waals surface area contributed by atoms with Crippen molar-refractivity contribution < 1.29 is 42.4 Å². The molecule has 12 heteroatoms. The Morgan fingerprint density at radius 3 is 2.19 bits per heavy atom. The lowest BCUT2D eigenvalue weighted by Crippen LogP contribution is -2.70. The van der Waals surface area contributed by atoms with Gasteiger partial charge < -0.3 is 34.7 Å². The first-order chi connectivity index (χ1) is 17.6. The Balaban J connectivity index is 1.11. The first-order valence-corrected chi connectivity index (χ1v) is 12.1. The molecule has 0 spiro atoms. The van der Waals surface area contributed by atoms with Crippen molar-refractivity contribution in [1.82, 2.24) is 10.6 Å². The molecule has 1 heterocycles. The Bertz CT molecular complexity index is 1190. The van der Waals surface area contributed by atoms with E-state index in [-0.39, 0.29) is 42.8 Å². The number of carbonyl (C=O) groups excluding carboxylic acids is 2. The second-order valence-electron chi connectivity index (χ2n) is 9.56. The second kappa shape index (κ2) is 9.53. The summed E-state index contributed by atoms with van der Waals surface area (Å²) in [6, 6.07) is 10.5. The van der Waals surface area contributed by atoms with E-state index in [1.807, 2.05) is 0 Å². The molecule has 0 radical (unpaired) electrons. The topological polar surface area (TPSA) is 115 Å². The third-order valence-electron chi connectivity index (χ3n) is 7.04. The van der Waals surface area contributed by atoms with Crippen molar-refractivity contribution in [3.63, 3.8) is 0 Å². The third kappa shape index (κ3) is 5.52. The van der Waals surface area contributed by atoms with E-state index in [9.17, 15) is 23.5 Å². The molecule has 3 fully saturated rings. The van der Waals surface area contributed by atoms with Crippen LogP contribution in [0.4, 0.5) is 8.78 Å². The Hall–Kier alpha value is -3.31. The lowest BCUT2D eigenvalue weighted by molar-refractivity contribution is -0.286. The molecular weight excluding hydrogens is 514 g/mol. The number of halogens is 3. The predicted molar refractivity (Wildman–Crippen MR) is 126 cm³/mol. The average Bonchev–Trinajstić information content (AvgIpc) is 3.16. The number of hydrogen-bond acceptors (Lipinski definition) is 7. The first-order valence-electron chi connectivity index (χ1n) is 11.8. The van der Waals surface area contributed by atoms with Gasteiger partial charge in [0.05, 0.1) is 11.6 Å². The standard InChI is InChI=1S/C25H25ClF2N2O7/c26-15-1-3-16(4-2-15)34-14-22(33)30-24-9-7-23(8-10-24,12-20(24)31)29-21(32)13-35-17-5-6-18-19(11-17)37-25(27,28)36-18/h1-6,11,20,31H,7-10,12-14H2,(H,29,32)(H,30,33)/t20-,23?,24?/m0/s1. The average molecular weight is 539 g/mol. The minimum atomic E-state index is -3.74. The lowest BCUT2D eigenvalue weighted by atomic mass is 9.60. The summed E-state index contributed by atoms with van der Waals surface area (Å²) in [6.45, 7) is -0.551. The summed E-state index contributed by atoms with van der Waals surface area (Å²) in [7, 11) is 0. The van der Waals surface area contributed by atoms with Crippen molar-refractivity contribution in [2.75, 3.05) is 13.2 Å². The molecule has 0 unspecified atom stereocenters. The number of benzene rings is 2. The van der Waals surface area contributed by atoms with Gasteiger partial charge >= 0.3 is 6.29 Å². The molecule has 198 valence electrons. The number of aliphatic hydroxyl groups excluding tert-OH is 1. The Morgan fingerprint density at radius 1 is 0.919 bits per heavy atom. The van der Waals surface area contributed by atoms with Crippen LogP contribution in [0.3, 0.4) is 0 Å². The maximum atomic E-state index is 13.2. The molecule has 3 saturated carbocycles. The number of rotatable bonds is 8. The van der Waals surface area contributed by atoms with Crippen LogP contribution in [0.5, 0.6) is 23.0 Å². The summed E-state index contributed by atoms with van der Waals surface area (Å²) in [6.07, 6.45) is -2.22. The van der Waals surface area contributed by atoms with Gasteiger partial charge in [0.25, 0.3) is 11.8 Å². The van der Waals surface area contributed by atoms with Crippen LogP contribution in [0.1, 0.15) is 32.1 Å². The van der Waals surface area contributed by atoms with Crippen LogP contribution in [-0.2, 0) is 9.59 Å². The fourth-order valence-electron chi connectivity index (χ4n) is 5.16. The number of nitrogens with one attached hydrogen (secondary N) is 2. The zero-order valence-corrected chi connectivity index (χ0v) is 20.4. The lowest BCUT2D eigenvalue weighted by Gasteiger charge is -2.56. The molecule has 37 heavy (non-hydrogen) atoms. The van der Waals surface area contributed by atoms with E-state index in [1.54, 1.807) is 24.3 Å². The molecule has 1 atom stereocenters. The third-order valence-corrected chi connectivity index (χ3v) is 7.29. The maximum Gasteiger partial charge on any atom is 0.586 e. The van der Waals surface area contributed by atoms with Crippen molar-refractivity contribution in [1.29, 1.82) is 0 Å². The van der Waals surface area contributed by atoms with Gasteiger partial charge in [-0.1, -0.05) is 11.6 Å². The molecule has 1 aliphatic heterocycles. The van der Waals surface area contributed by atoms with Crippen LogP contribution in [0.15, 0.2) is 42.5 Å². The van der Waals surface area contributed by atoms with Crippen LogP contribution in [-0.4, -0.2) is 53.6 Å². The van der Waals surface area contributed by atoms with Gasteiger partial charge in [0.2, 0.25) is 0 Å². The minimum absolute atomic E-state index is 0.119. The molecular formula is C25H25ClF2N2O7. The fourth-order valence-corrected chi connectivity index (χ4v) is 5.28. The second-order valence-corrected chi connectivity index (χ2v) is 10.00. The Kier molecular flexibility index (Phi) is 6.53. The molecule has 2 bridgehead atoms. The van der Waals surface area contributed by atoms with E-state index in [0.29, 0.717) is 36.5 Å². The van der Waals surface area contributed by atoms with Crippen molar-refractivity contribution in [3.05, 3.63) is 47.5 Å². The number of aliphatic hydroxyl groups is 1. The molecule has 3 N–H and O–H groups in total. The number of fused-ring (bicyclic) bond motifs is 4. The number of alkyl halides is 2. The van der Waals surface area contributed by atoms with E-state index in [2.05, 4.69) is 20.1 Å². The normalized spacial score (nSPS) is 26.9. The van der Waals surface area contributed by atoms with E-state index < -0.39 is 29.4 Å². The molecule has 4 aliphatic rings. The van der Waals surface area contributed by atoms with Crippen LogP contribution in [0.2, 0.25) is 5.02 Å². The van der Waals surface area contributed by atoms with E-state index in [0.717, 1.165) is 0 Å². The molecule has 2 aromatic rings. The van der Waals surface area contributed by atoms with Crippen molar-refractivity contribution in [2.45, 2.75) is 55.6 Å². The number of hydrogen-bond donors (Lipinski definition) is 3. The molecule has 2 amide bonds. The largest absolute Gasteiger partial charge is 0.586 e. The van der Waals surface area contributed by atoms with E-state index in [4.69, 9.17) is 21.1 Å². The highest BCUT2D eigenvalue weighted by Gasteiger charge is 2.55. The van der Waals surface area contributed by atoms with Gasteiger partial charge in [-0.05, 0) is 68.5 Å². The molecule has 0 saturated heterocycles. The van der Waals surface area contributed by atoms with Gasteiger partial charge in [-0.25, -0.2) is 0 Å². The molecule has 9 nitrogen and oxygen atoms in total. The summed E-state index contributed by atoms with van der Waals surface area (Å²) in [5.74, 6) is -0.380. The number of ether oxygens (including phenoxy) is 4.